The monoisotopic (exact) mass is 430 g/mol. The van der Waals surface area contributed by atoms with E-state index in [1.807, 2.05) is 0 Å². The van der Waals surface area contributed by atoms with E-state index in [1.165, 1.54) is 39.5 Å². The number of benzene rings is 2. The van der Waals surface area contributed by atoms with E-state index in [2.05, 4.69) is 10.5 Å². The third-order valence-electron chi connectivity index (χ3n) is 4.31. The van der Waals surface area contributed by atoms with E-state index in [1.54, 1.807) is 18.2 Å². The minimum atomic E-state index is -0.764. The molecule has 0 radical (unpaired) electrons. The molecule has 2 aromatic carbocycles. The third kappa shape index (κ3) is 5.19. The van der Waals surface area contributed by atoms with E-state index in [9.17, 15) is 13.6 Å². The highest BCUT2D eigenvalue weighted by molar-refractivity contribution is 5.91. The van der Waals surface area contributed by atoms with Crippen molar-refractivity contribution in [1.82, 2.24) is 10.5 Å². The lowest BCUT2D eigenvalue weighted by Gasteiger charge is -2.12. The minimum absolute atomic E-state index is 0.0603. The number of rotatable bonds is 8. The summed E-state index contributed by atoms with van der Waals surface area (Å²) in [4.78, 5) is 12.1. The Labute approximate surface area is 177 Å². The number of hydrogen-bond acceptors (Lipinski definition) is 6. The van der Waals surface area contributed by atoms with Gasteiger partial charge in [-0.3, -0.25) is 4.79 Å². The van der Waals surface area contributed by atoms with Gasteiger partial charge in [-0.15, -0.1) is 0 Å². The smallest absolute Gasteiger partial charge is 0.244 e. The van der Waals surface area contributed by atoms with Crippen LogP contribution in [-0.2, 0) is 11.3 Å². The maximum Gasteiger partial charge on any atom is 0.244 e. The van der Waals surface area contributed by atoms with Gasteiger partial charge in [0.2, 0.25) is 11.7 Å². The van der Waals surface area contributed by atoms with Crippen molar-refractivity contribution in [3.63, 3.8) is 0 Å². The summed E-state index contributed by atoms with van der Waals surface area (Å²) in [5.74, 6) is -0.325. The Hall–Kier alpha value is -3.88. The molecule has 0 aliphatic rings. The lowest BCUT2D eigenvalue weighted by Crippen LogP contribution is -2.20. The normalized spacial score (nSPS) is 10.9. The molecular formula is C22H20F2N2O5. The van der Waals surface area contributed by atoms with Crippen LogP contribution >= 0.6 is 0 Å². The number of carbonyl (C=O) groups excluding carboxylic acids is 1. The fraction of sp³-hybridized carbons (Fsp3) is 0.182. The SMILES string of the molecule is COc1cc(C=CC(=O)NCc2cc(-c3ccc(F)cc3F)on2)cc(OC)c1OC. The molecule has 0 spiro atoms. The maximum absolute atomic E-state index is 13.8. The number of amides is 1. The number of ether oxygens (including phenoxy) is 3. The number of aromatic nitrogens is 1. The Bertz CT molecular complexity index is 1090. The van der Waals surface area contributed by atoms with Crippen molar-refractivity contribution in [2.75, 3.05) is 21.3 Å². The molecule has 0 aliphatic carbocycles. The Kier molecular flexibility index (Phi) is 6.86. The van der Waals surface area contributed by atoms with E-state index in [0.717, 1.165) is 12.1 Å². The van der Waals surface area contributed by atoms with Gasteiger partial charge in [-0.05, 0) is 35.9 Å². The molecule has 1 heterocycles. The standard InChI is InChI=1S/C22H20F2N2O5/c1-28-19-8-13(9-20(29-2)22(19)30-3)4-7-21(27)25-12-15-11-18(31-26-15)16-6-5-14(23)10-17(16)24/h4-11H,12H2,1-3H3,(H,25,27). The van der Waals surface area contributed by atoms with Crippen LogP contribution in [0.1, 0.15) is 11.3 Å². The minimum Gasteiger partial charge on any atom is -0.493 e. The lowest BCUT2D eigenvalue weighted by molar-refractivity contribution is -0.116. The molecule has 0 atom stereocenters. The van der Waals surface area contributed by atoms with E-state index < -0.39 is 11.6 Å². The molecule has 1 amide bonds. The molecule has 0 unspecified atom stereocenters. The van der Waals surface area contributed by atoms with Crippen molar-refractivity contribution in [3.8, 4) is 28.6 Å². The summed E-state index contributed by atoms with van der Waals surface area (Å²) < 4.78 is 47.8. The second kappa shape index (κ2) is 9.75. The topological polar surface area (TPSA) is 82.8 Å². The Morgan fingerprint density at radius 2 is 1.77 bits per heavy atom. The quantitative estimate of drug-likeness (QED) is 0.545. The van der Waals surface area contributed by atoms with E-state index in [-0.39, 0.29) is 23.8 Å². The number of carbonyl (C=O) groups is 1. The molecule has 31 heavy (non-hydrogen) atoms. The fourth-order valence-electron chi connectivity index (χ4n) is 2.82. The first-order valence-corrected chi connectivity index (χ1v) is 9.12. The highest BCUT2D eigenvalue weighted by Crippen LogP contribution is 2.38. The van der Waals surface area contributed by atoms with Crippen molar-refractivity contribution in [3.05, 3.63) is 65.4 Å². The highest BCUT2D eigenvalue weighted by atomic mass is 19.1. The number of hydrogen-bond donors (Lipinski definition) is 1. The fourth-order valence-corrected chi connectivity index (χ4v) is 2.82. The van der Waals surface area contributed by atoms with Crippen molar-refractivity contribution < 1.29 is 32.3 Å². The van der Waals surface area contributed by atoms with Gasteiger partial charge in [-0.25, -0.2) is 8.78 Å². The van der Waals surface area contributed by atoms with Crippen molar-refractivity contribution in [2.24, 2.45) is 0 Å². The molecule has 3 aromatic rings. The molecule has 3 rings (SSSR count). The van der Waals surface area contributed by atoms with Crippen LogP contribution in [0.5, 0.6) is 17.2 Å². The number of nitrogens with zero attached hydrogens (tertiary/aromatic N) is 1. The van der Waals surface area contributed by atoms with E-state index in [4.69, 9.17) is 18.7 Å². The zero-order valence-electron chi connectivity index (χ0n) is 17.1. The van der Waals surface area contributed by atoms with Crippen molar-refractivity contribution in [2.45, 2.75) is 6.54 Å². The summed E-state index contributed by atoms with van der Waals surface area (Å²) in [7, 11) is 4.51. The van der Waals surface area contributed by atoms with E-state index >= 15 is 0 Å². The Balaban J connectivity index is 1.64. The summed E-state index contributed by atoms with van der Waals surface area (Å²) in [5, 5.41) is 6.44. The van der Waals surface area contributed by atoms with Crippen LogP contribution < -0.4 is 19.5 Å². The summed E-state index contributed by atoms with van der Waals surface area (Å²) >= 11 is 0. The molecule has 7 nitrogen and oxygen atoms in total. The molecule has 0 aliphatic heterocycles. The first-order chi connectivity index (χ1) is 14.9. The van der Waals surface area contributed by atoms with Gasteiger partial charge in [0, 0.05) is 18.2 Å². The summed E-state index contributed by atoms with van der Waals surface area (Å²) in [6.07, 6.45) is 2.92. The number of nitrogens with one attached hydrogen (secondary N) is 1. The molecule has 0 fully saturated rings. The largest absolute Gasteiger partial charge is 0.493 e. The van der Waals surface area contributed by atoms with Gasteiger partial charge in [0.1, 0.15) is 17.3 Å². The van der Waals surface area contributed by atoms with Crippen molar-refractivity contribution in [1.29, 1.82) is 0 Å². The van der Waals surface area contributed by atoms with Gasteiger partial charge in [0.15, 0.2) is 17.3 Å². The average Bonchev–Trinajstić information content (AvgIpc) is 3.24. The van der Waals surface area contributed by atoms with Crippen LogP contribution in [0.3, 0.4) is 0 Å². The first-order valence-electron chi connectivity index (χ1n) is 9.12. The molecule has 1 N–H and O–H groups in total. The van der Waals surface area contributed by atoms with E-state index in [0.29, 0.717) is 28.5 Å². The second-order valence-electron chi connectivity index (χ2n) is 6.32. The van der Waals surface area contributed by atoms with Crippen LogP contribution in [0.4, 0.5) is 8.78 Å². The molecule has 0 bridgehead atoms. The molecular weight excluding hydrogens is 410 g/mol. The third-order valence-corrected chi connectivity index (χ3v) is 4.31. The predicted molar refractivity (Wildman–Crippen MR) is 109 cm³/mol. The number of methoxy groups -OCH3 is 3. The van der Waals surface area contributed by atoms with Crippen LogP contribution in [0, 0.1) is 11.6 Å². The molecule has 9 heteroatoms. The van der Waals surface area contributed by atoms with Crippen LogP contribution in [0.15, 0.2) is 47.0 Å². The van der Waals surface area contributed by atoms with Gasteiger partial charge in [0.05, 0.1) is 33.4 Å². The molecule has 0 saturated heterocycles. The molecule has 162 valence electrons. The lowest BCUT2D eigenvalue weighted by atomic mass is 10.1. The molecule has 0 saturated carbocycles. The number of halogens is 2. The highest BCUT2D eigenvalue weighted by Gasteiger charge is 2.14. The van der Waals surface area contributed by atoms with Gasteiger partial charge >= 0.3 is 0 Å². The predicted octanol–water partition coefficient (Wildman–Crippen LogP) is 3.98. The maximum atomic E-state index is 13.8. The zero-order chi connectivity index (χ0) is 22.4. The van der Waals surface area contributed by atoms with Crippen LogP contribution in [-0.4, -0.2) is 32.4 Å². The first kappa shape index (κ1) is 21.8. The van der Waals surface area contributed by atoms with Crippen LogP contribution in [0.2, 0.25) is 0 Å². The second-order valence-corrected chi connectivity index (χ2v) is 6.32. The van der Waals surface area contributed by atoms with Gasteiger partial charge in [-0.1, -0.05) is 5.16 Å². The Morgan fingerprint density at radius 1 is 1.06 bits per heavy atom. The average molecular weight is 430 g/mol. The van der Waals surface area contributed by atoms with Crippen molar-refractivity contribution >= 4 is 12.0 Å². The summed E-state index contributed by atoms with van der Waals surface area (Å²) in [6.45, 7) is 0.0603. The van der Waals surface area contributed by atoms with Gasteiger partial charge in [-0.2, -0.15) is 0 Å². The molecule has 1 aromatic heterocycles. The summed E-state index contributed by atoms with van der Waals surface area (Å²) in [6, 6.07) is 8.01. The zero-order valence-corrected chi connectivity index (χ0v) is 17.1. The summed E-state index contributed by atoms with van der Waals surface area (Å²) in [5.41, 5.74) is 1.13. The van der Waals surface area contributed by atoms with Crippen LogP contribution in [0.25, 0.3) is 17.4 Å². The van der Waals surface area contributed by atoms with Gasteiger partial charge in [0.25, 0.3) is 0 Å². The van der Waals surface area contributed by atoms with Gasteiger partial charge < -0.3 is 24.1 Å². The Morgan fingerprint density at radius 3 is 2.39 bits per heavy atom.